The molecule has 0 unspecified atom stereocenters. The topological polar surface area (TPSA) is 49.4 Å². The van der Waals surface area contributed by atoms with Crippen LogP contribution in [0.3, 0.4) is 0 Å². The van der Waals surface area contributed by atoms with Gasteiger partial charge in [-0.05, 0) is 58.8 Å². The molecule has 23 heavy (non-hydrogen) atoms. The minimum atomic E-state index is -0.128. The number of halogens is 1. The first-order chi connectivity index (χ1) is 11.0. The Bertz CT molecular complexity index is 714. The van der Waals surface area contributed by atoms with Crippen LogP contribution >= 0.6 is 22.6 Å². The van der Waals surface area contributed by atoms with Crippen LogP contribution in [-0.2, 0) is 11.2 Å². The lowest BCUT2D eigenvalue weighted by Gasteiger charge is -2.11. The minimum absolute atomic E-state index is 0.0956. The molecule has 0 aromatic heterocycles. The third kappa shape index (κ3) is 5.06. The van der Waals surface area contributed by atoms with Gasteiger partial charge in [0.05, 0.1) is 5.56 Å². The van der Waals surface area contributed by atoms with E-state index in [-0.39, 0.29) is 11.8 Å². The summed E-state index contributed by atoms with van der Waals surface area (Å²) in [7, 11) is 3.50. The van der Waals surface area contributed by atoms with Crippen LogP contribution in [0.2, 0.25) is 0 Å². The summed E-state index contributed by atoms with van der Waals surface area (Å²) in [6.45, 7) is 0. The zero-order valence-electron chi connectivity index (χ0n) is 13.2. The fourth-order valence-electron chi connectivity index (χ4n) is 2.12. The van der Waals surface area contributed by atoms with E-state index in [2.05, 4.69) is 27.9 Å². The quantitative estimate of drug-likeness (QED) is 0.750. The molecule has 2 aromatic carbocycles. The number of amides is 2. The van der Waals surface area contributed by atoms with Gasteiger partial charge in [-0.3, -0.25) is 9.59 Å². The van der Waals surface area contributed by atoms with Gasteiger partial charge in [-0.25, -0.2) is 0 Å². The Morgan fingerprint density at radius 2 is 1.83 bits per heavy atom. The summed E-state index contributed by atoms with van der Waals surface area (Å²) in [5.74, 6) is -0.0326. The molecule has 0 aliphatic heterocycles. The average molecular weight is 422 g/mol. The summed E-state index contributed by atoms with van der Waals surface area (Å²) in [5, 5.41) is 2.91. The predicted molar refractivity (Wildman–Crippen MR) is 101 cm³/mol. The second kappa shape index (κ2) is 8.10. The third-order valence-corrected chi connectivity index (χ3v) is 4.37. The lowest BCUT2D eigenvalue weighted by atomic mass is 10.1. The first kappa shape index (κ1) is 17.5. The van der Waals surface area contributed by atoms with Gasteiger partial charge in [-0.1, -0.05) is 24.3 Å². The highest BCUT2D eigenvalue weighted by atomic mass is 127. The van der Waals surface area contributed by atoms with Crippen LogP contribution in [0.15, 0.2) is 48.5 Å². The Morgan fingerprint density at radius 1 is 1.09 bits per heavy atom. The molecule has 0 atom stereocenters. The SMILES string of the molecule is CN(C)C(=O)CCc1cccc(NC(=O)c2ccccc2I)c1. The average Bonchev–Trinajstić information content (AvgIpc) is 2.53. The van der Waals surface area contributed by atoms with E-state index in [1.807, 2.05) is 42.5 Å². The number of hydrogen-bond donors (Lipinski definition) is 1. The first-order valence-electron chi connectivity index (χ1n) is 7.32. The molecule has 0 heterocycles. The van der Waals surface area contributed by atoms with Gasteiger partial charge < -0.3 is 10.2 Å². The van der Waals surface area contributed by atoms with Crippen molar-refractivity contribution in [1.82, 2.24) is 4.90 Å². The van der Waals surface area contributed by atoms with E-state index in [9.17, 15) is 9.59 Å². The third-order valence-electron chi connectivity index (χ3n) is 3.43. The van der Waals surface area contributed by atoms with Gasteiger partial charge in [0.15, 0.2) is 0 Å². The number of carbonyl (C=O) groups is 2. The Hall–Kier alpha value is -1.89. The molecule has 0 fully saturated rings. The van der Waals surface area contributed by atoms with Crippen molar-refractivity contribution in [2.45, 2.75) is 12.8 Å². The minimum Gasteiger partial charge on any atom is -0.349 e. The van der Waals surface area contributed by atoms with Gasteiger partial charge in [0.2, 0.25) is 5.91 Å². The summed E-state index contributed by atoms with van der Waals surface area (Å²) < 4.78 is 0.912. The monoisotopic (exact) mass is 422 g/mol. The maximum atomic E-state index is 12.3. The van der Waals surface area contributed by atoms with Crippen molar-refractivity contribution in [3.05, 3.63) is 63.2 Å². The van der Waals surface area contributed by atoms with Crippen molar-refractivity contribution >= 4 is 40.1 Å². The van der Waals surface area contributed by atoms with Gasteiger partial charge in [0.25, 0.3) is 5.91 Å². The molecule has 2 rings (SSSR count). The van der Waals surface area contributed by atoms with Gasteiger partial charge in [0, 0.05) is 29.8 Å². The molecule has 5 heteroatoms. The normalized spacial score (nSPS) is 10.2. The first-order valence-corrected chi connectivity index (χ1v) is 8.40. The Labute approximate surface area is 150 Å². The van der Waals surface area contributed by atoms with Gasteiger partial charge in [-0.15, -0.1) is 0 Å². The fraction of sp³-hybridized carbons (Fsp3) is 0.222. The van der Waals surface area contributed by atoms with Crippen LogP contribution < -0.4 is 5.32 Å². The van der Waals surface area contributed by atoms with Gasteiger partial charge in [0.1, 0.15) is 0 Å². The molecular formula is C18H19IN2O2. The highest BCUT2D eigenvalue weighted by molar-refractivity contribution is 14.1. The molecule has 0 aliphatic rings. The summed E-state index contributed by atoms with van der Waals surface area (Å²) >= 11 is 2.15. The van der Waals surface area contributed by atoms with Crippen molar-refractivity contribution in [1.29, 1.82) is 0 Å². The largest absolute Gasteiger partial charge is 0.349 e. The van der Waals surface area contributed by atoms with Crippen LogP contribution in [-0.4, -0.2) is 30.8 Å². The molecule has 1 N–H and O–H groups in total. The molecule has 0 aliphatic carbocycles. The van der Waals surface area contributed by atoms with Crippen LogP contribution in [0.1, 0.15) is 22.3 Å². The van der Waals surface area contributed by atoms with Crippen LogP contribution in [0.4, 0.5) is 5.69 Å². The van der Waals surface area contributed by atoms with E-state index in [0.29, 0.717) is 18.4 Å². The predicted octanol–water partition coefficient (Wildman–Crippen LogP) is 3.56. The van der Waals surface area contributed by atoms with E-state index in [0.717, 1.165) is 14.8 Å². The van der Waals surface area contributed by atoms with Crippen LogP contribution in [0.5, 0.6) is 0 Å². The molecular weight excluding hydrogens is 403 g/mol. The number of anilines is 1. The van der Waals surface area contributed by atoms with Crippen molar-refractivity contribution < 1.29 is 9.59 Å². The summed E-state index contributed by atoms with van der Waals surface area (Å²) in [4.78, 5) is 25.6. The van der Waals surface area contributed by atoms with Crippen molar-refractivity contribution in [2.24, 2.45) is 0 Å². The van der Waals surface area contributed by atoms with Crippen molar-refractivity contribution in [2.75, 3.05) is 19.4 Å². The zero-order valence-corrected chi connectivity index (χ0v) is 15.3. The molecule has 0 radical (unpaired) electrons. The number of carbonyl (C=O) groups excluding carboxylic acids is 2. The number of nitrogens with zero attached hydrogens (tertiary/aromatic N) is 1. The Balaban J connectivity index is 2.04. The summed E-state index contributed by atoms with van der Waals surface area (Å²) in [6.07, 6.45) is 1.12. The maximum Gasteiger partial charge on any atom is 0.256 e. The molecule has 0 bridgehead atoms. The number of benzene rings is 2. The lowest BCUT2D eigenvalue weighted by molar-refractivity contribution is -0.128. The van der Waals surface area contributed by atoms with E-state index >= 15 is 0 Å². The number of aryl methyl sites for hydroxylation is 1. The highest BCUT2D eigenvalue weighted by Gasteiger charge is 2.10. The Morgan fingerprint density at radius 3 is 2.52 bits per heavy atom. The van der Waals surface area contributed by atoms with Gasteiger partial charge >= 0.3 is 0 Å². The molecule has 0 spiro atoms. The van der Waals surface area contributed by atoms with Crippen LogP contribution in [0, 0.1) is 3.57 Å². The number of rotatable bonds is 5. The lowest BCUT2D eigenvalue weighted by Crippen LogP contribution is -2.21. The molecule has 2 aromatic rings. The van der Waals surface area contributed by atoms with E-state index in [1.165, 1.54) is 0 Å². The second-order valence-corrected chi connectivity index (χ2v) is 6.58. The molecule has 120 valence electrons. The van der Waals surface area contributed by atoms with E-state index < -0.39 is 0 Å². The number of hydrogen-bond acceptors (Lipinski definition) is 2. The van der Waals surface area contributed by atoms with E-state index in [4.69, 9.17) is 0 Å². The van der Waals surface area contributed by atoms with Gasteiger partial charge in [-0.2, -0.15) is 0 Å². The molecule has 4 nitrogen and oxygen atoms in total. The second-order valence-electron chi connectivity index (χ2n) is 5.42. The standard InChI is InChI=1S/C18H19IN2O2/c1-21(2)17(22)11-10-13-6-5-7-14(12-13)20-18(23)15-8-3-4-9-16(15)19/h3-9,12H,10-11H2,1-2H3,(H,20,23). The molecule has 0 saturated heterocycles. The molecule has 0 saturated carbocycles. The number of nitrogens with one attached hydrogen (secondary N) is 1. The van der Waals surface area contributed by atoms with E-state index in [1.54, 1.807) is 25.1 Å². The highest BCUT2D eigenvalue weighted by Crippen LogP contribution is 2.16. The Kier molecular flexibility index (Phi) is 6.15. The smallest absolute Gasteiger partial charge is 0.256 e. The fourth-order valence-corrected chi connectivity index (χ4v) is 2.76. The zero-order chi connectivity index (χ0) is 16.8. The van der Waals surface area contributed by atoms with Crippen molar-refractivity contribution in [3.63, 3.8) is 0 Å². The van der Waals surface area contributed by atoms with Crippen LogP contribution in [0.25, 0.3) is 0 Å². The molecule has 2 amide bonds. The van der Waals surface area contributed by atoms with Crippen molar-refractivity contribution in [3.8, 4) is 0 Å². The summed E-state index contributed by atoms with van der Waals surface area (Å²) in [6, 6.07) is 15.1. The summed E-state index contributed by atoms with van der Waals surface area (Å²) in [5.41, 5.74) is 2.42. The maximum absolute atomic E-state index is 12.3.